The minimum atomic E-state index is -4.73. The summed E-state index contributed by atoms with van der Waals surface area (Å²) in [6.07, 6.45) is -5.17. The summed E-state index contributed by atoms with van der Waals surface area (Å²) in [5, 5.41) is 0. The second-order valence-electron chi connectivity index (χ2n) is 3.51. The van der Waals surface area contributed by atoms with E-state index < -0.39 is 35.9 Å². The largest absolute Gasteiger partial charge is 0.416 e. The van der Waals surface area contributed by atoms with Crippen LogP contribution in [0, 0.1) is 5.82 Å². The Hall–Kier alpha value is -1.63. The van der Waals surface area contributed by atoms with Crippen molar-refractivity contribution >= 4 is 5.91 Å². The highest BCUT2D eigenvalue weighted by Crippen LogP contribution is 2.35. The molecule has 1 aromatic carbocycles. The van der Waals surface area contributed by atoms with Crippen LogP contribution < -0.4 is 11.5 Å². The smallest absolute Gasteiger partial charge is 0.370 e. The number of hydrogen-bond donors (Lipinski definition) is 2. The molecule has 17 heavy (non-hydrogen) atoms. The number of amides is 1. The van der Waals surface area contributed by atoms with E-state index in [2.05, 4.69) is 0 Å². The van der Waals surface area contributed by atoms with Gasteiger partial charge in [-0.1, -0.05) is 6.07 Å². The van der Waals surface area contributed by atoms with Crippen molar-refractivity contribution in [2.45, 2.75) is 18.6 Å². The molecular weight excluding hydrogens is 240 g/mol. The average Bonchev–Trinajstić information content (AvgIpc) is 2.14. The van der Waals surface area contributed by atoms with Crippen LogP contribution in [-0.4, -0.2) is 5.91 Å². The predicted molar refractivity (Wildman–Crippen MR) is 52.1 cm³/mol. The van der Waals surface area contributed by atoms with Crippen LogP contribution in [0.25, 0.3) is 0 Å². The average molecular weight is 250 g/mol. The fourth-order valence-electron chi connectivity index (χ4n) is 1.42. The second kappa shape index (κ2) is 4.70. The SMILES string of the molecule is NC(=O)CC(N)c1ccc(F)cc1C(F)(F)F. The summed E-state index contributed by atoms with van der Waals surface area (Å²) in [6.45, 7) is 0. The molecule has 0 aliphatic carbocycles. The Morgan fingerprint density at radius 1 is 1.35 bits per heavy atom. The highest BCUT2D eigenvalue weighted by molar-refractivity contribution is 5.74. The summed E-state index contributed by atoms with van der Waals surface area (Å²) in [5.74, 6) is -1.85. The standard InChI is InChI=1S/C10H10F4N2O/c11-5-1-2-6(8(15)4-9(16)17)7(3-5)10(12,13)14/h1-3,8H,4,15H2,(H2,16,17). The zero-order valence-corrected chi connectivity index (χ0v) is 8.59. The van der Waals surface area contributed by atoms with E-state index in [0.29, 0.717) is 6.07 Å². The lowest BCUT2D eigenvalue weighted by Gasteiger charge is -2.17. The summed E-state index contributed by atoms with van der Waals surface area (Å²) < 4.78 is 50.5. The second-order valence-corrected chi connectivity index (χ2v) is 3.51. The van der Waals surface area contributed by atoms with E-state index in [0.717, 1.165) is 12.1 Å². The van der Waals surface area contributed by atoms with Gasteiger partial charge in [0.05, 0.1) is 5.56 Å². The predicted octanol–water partition coefficient (Wildman–Crippen LogP) is 1.72. The summed E-state index contributed by atoms with van der Waals surface area (Å²) in [7, 11) is 0. The monoisotopic (exact) mass is 250 g/mol. The van der Waals surface area contributed by atoms with Gasteiger partial charge >= 0.3 is 6.18 Å². The van der Waals surface area contributed by atoms with E-state index in [1.54, 1.807) is 0 Å². The number of alkyl halides is 3. The van der Waals surface area contributed by atoms with Gasteiger partial charge in [-0.05, 0) is 17.7 Å². The van der Waals surface area contributed by atoms with E-state index in [9.17, 15) is 22.4 Å². The number of benzene rings is 1. The van der Waals surface area contributed by atoms with Crippen molar-refractivity contribution in [2.75, 3.05) is 0 Å². The van der Waals surface area contributed by atoms with Gasteiger partial charge in [-0.3, -0.25) is 4.79 Å². The molecule has 0 heterocycles. The normalized spacial score (nSPS) is 13.5. The van der Waals surface area contributed by atoms with Crippen molar-refractivity contribution in [2.24, 2.45) is 11.5 Å². The zero-order valence-electron chi connectivity index (χ0n) is 8.59. The molecule has 1 atom stereocenters. The number of hydrogen-bond acceptors (Lipinski definition) is 2. The minimum absolute atomic E-state index is 0.343. The van der Waals surface area contributed by atoms with E-state index >= 15 is 0 Å². The van der Waals surface area contributed by atoms with E-state index in [4.69, 9.17) is 11.5 Å². The van der Waals surface area contributed by atoms with Crippen molar-refractivity contribution < 1.29 is 22.4 Å². The van der Waals surface area contributed by atoms with Gasteiger partial charge < -0.3 is 11.5 Å². The number of nitrogens with two attached hydrogens (primary N) is 2. The van der Waals surface area contributed by atoms with Crippen LogP contribution >= 0.6 is 0 Å². The van der Waals surface area contributed by atoms with Crippen LogP contribution in [0.1, 0.15) is 23.6 Å². The Morgan fingerprint density at radius 2 is 1.94 bits per heavy atom. The van der Waals surface area contributed by atoms with Crippen LogP contribution in [0.2, 0.25) is 0 Å². The number of carbonyl (C=O) groups is 1. The van der Waals surface area contributed by atoms with Crippen LogP contribution in [0.3, 0.4) is 0 Å². The molecule has 0 aliphatic heterocycles. The first-order valence-electron chi connectivity index (χ1n) is 4.62. The third kappa shape index (κ3) is 3.42. The molecule has 0 spiro atoms. The molecule has 4 N–H and O–H groups in total. The third-order valence-corrected chi connectivity index (χ3v) is 2.14. The summed E-state index contributed by atoms with van der Waals surface area (Å²) >= 11 is 0. The molecule has 1 aromatic rings. The Morgan fingerprint density at radius 3 is 2.41 bits per heavy atom. The number of halogens is 4. The zero-order chi connectivity index (χ0) is 13.2. The van der Waals surface area contributed by atoms with Crippen molar-refractivity contribution in [3.63, 3.8) is 0 Å². The van der Waals surface area contributed by atoms with Crippen molar-refractivity contribution in [1.29, 1.82) is 0 Å². The molecule has 0 aromatic heterocycles. The maximum atomic E-state index is 12.8. The van der Waals surface area contributed by atoms with E-state index in [1.807, 2.05) is 0 Å². The van der Waals surface area contributed by atoms with E-state index in [1.165, 1.54) is 0 Å². The first-order valence-corrected chi connectivity index (χ1v) is 4.62. The number of primary amides is 1. The molecule has 0 saturated heterocycles. The van der Waals surface area contributed by atoms with Gasteiger partial charge in [0.2, 0.25) is 5.91 Å². The highest BCUT2D eigenvalue weighted by Gasteiger charge is 2.35. The molecule has 0 fully saturated rings. The number of rotatable bonds is 3. The van der Waals surface area contributed by atoms with Gasteiger partial charge in [0.15, 0.2) is 0 Å². The van der Waals surface area contributed by atoms with Crippen LogP contribution in [0.15, 0.2) is 18.2 Å². The molecule has 0 saturated carbocycles. The summed E-state index contributed by atoms with van der Waals surface area (Å²) in [5.41, 5.74) is 8.73. The quantitative estimate of drug-likeness (QED) is 0.802. The van der Waals surface area contributed by atoms with Gasteiger partial charge in [0, 0.05) is 12.5 Å². The molecular formula is C10H10F4N2O. The molecule has 1 amide bonds. The van der Waals surface area contributed by atoms with Gasteiger partial charge in [-0.25, -0.2) is 4.39 Å². The Kier molecular flexibility index (Phi) is 3.72. The van der Waals surface area contributed by atoms with Crippen molar-refractivity contribution in [3.05, 3.63) is 35.1 Å². The van der Waals surface area contributed by atoms with Crippen LogP contribution in [0.4, 0.5) is 17.6 Å². The lowest BCUT2D eigenvalue weighted by molar-refractivity contribution is -0.138. The Balaban J connectivity index is 3.19. The first-order chi connectivity index (χ1) is 7.71. The third-order valence-electron chi connectivity index (χ3n) is 2.14. The van der Waals surface area contributed by atoms with Crippen LogP contribution in [-0.2, 0) is 11.0 Å². The minimum Gasteiger partial charge on any atom is -0.370 e. The molecule has 0 bridgehead atoms. The Labute approximate surface area is 94.4 Å². The van der Waals surface area contributed by atoms with Gasteiger partial charge in [0.25, 0.3) is 0 Å². The number of carbonyl (C=O) groups excluding carboxylic acids is 1. The fraction of sp³-hybridized carbons (Fsp3) is 0.300. The molecule has 7 heteroatoms. The molecule has 0 radical (unpaired) electrons. The fourth-order valence-corrected chi connectivity index (χ4v) is 1.42. The van der Waals surface area contributed by atoms with Crippen LogP contribution in [0.5, 0.6) is 0 Å². The Bertz CT molecular complexity index is 431. The van der Waals surface area contributed by atoms with Crippen molar-refractivity contribution in [3.8, 4) is 0 Å². The molecule has 0 aliphatic rings. The molecule has 1 unspecified atom stereocenters. The first kappa shape index (κ1) is 13.4. The maximum Gasteiger partial charge on any atom is 0.416 e. The van der Waals surface area contributed by atoms with Gasteiger partial charge in [0.1, 0.15) is 5.82 Å². The molecule has 3 nitrogen and oxygen atoms in total. The lowest BCUT2D eigenvalue weighted by Crippen LogP contribution is -2.23. The summed E-state index contributed by atoms with van der Waals surface area (Å²) in [6, 6.07) is 0.901. The maximum absolute atomic E-state index is 12.8. The van der Waals surface area contributed by atoms with Gasteiger partial charge in [-0.15, -0.1) is 0 Å². The molecule has 1 rings (SSSR count). The highest BCUT2D eigenvalue weighted by atomic mass is 19.4. The topological polar surface area (TPSA) is 69.1 Å². The molecule has 94 valence electrons. The van der Waals surface area contributed by atoms with Gasteiger partial charge in [-0.2, -0.15) is 13.2 Å². The van der Waals surface area contributed by atoms with E-state index in [-0.39, 0.29) is 5.56 Å². The van der Waals surface area contributed by atoms with Crippen molar-refractivity contribution in [1.82, 2.24) is 0 Å². The summed E-state index contributed by atoms with van der Waals surface area (Å²) in [4.78, 5) is 10.6. The lowest BCUT2D eigenvalue weighted by atomic mass is 9.98.